The van der Waals surface area contributed by atoms with Crippen molar-refractivity contribution in [3.05, 3.63) is 120 Å². The maximum Gasteiger partial charge on any atom is 0.326 e. The third-order valence-electron chi connectivity index (χ3n) is 19.2. The molecule has 3 heterocycles. The molecule has 5 aromatic rings. The molecule has 0 aliphatic carbocycles. The number of aliphatic hydroxyl groups excluding tert-OH is 2. The van der Waals surface area contributed by atoms with Crippen LogP contribution in [0.4, 0.5) is 0 Å². The number of nitrogens with one attached hydrogen (secondary N) is 16. The predicted octanol–water partition coefficient (Wildman–Crippen LogP) is -3.94. The lowest BCUT2D eigenvalue weighted by molar-refractivity contribution is -0.145. The van der Waals surface area contributed by atoms with Gasteiger partial charge >= 0.3 is 11.9 Å². The van der Waals surface area contributed by atoms with Gasteiger partial charge in [0, 0.05) is 81.1 Å². The molecule has 13 amide bonds. The van der Waals surface area contributed by atoms with Crippen LogP contribution in [-0.2, 0) is 97.6 Å². The number of rotatable bonds is 50. The fourth-order valence-corrected chi connectivity index (χ4v) is 13.4. The van der Waals surface area contributed by atoms with Gasteiger partial charge < -0.3 is 121 Å². The van der Waals surface area contributed by atoms with E-state index in [1.165, 1.54) is 53.5 Å². The minimum absolute atomic E-state index is 0.00944. The third-order valence-corrected chi connectivity index (χ3v) is 19.8. The highest BCUT2D eigenvalue weighted by Gasteiger charge is 2.41. The molecule has 642 valence electrons. The van der Waals surface area contributed by atoms with Crippen LogP contribution in [-0.4, -0.2) is 264 Å². The highest BCUT2D eigenvalue weighted by atomic mass is 32.2. The topological polar surface area (TPSA) is 637 Å². The zero-order valence-electron chi connectivity index (χ0n) is 65.9. The van der Waals surface area contributed by atoms with Crippen LogP contribution in [0.2, 0.25) is 0 Å². The van der Waals surface area contributed by atoms with E-state index in [9.17, 15) is 83.1 Å². The Morgan fingerprint density at radius 1 is 0.576 bits per heavy atom. The first-order valence-corrected chi connectivity index (χ1v) is 39.9. The largest absolute Gasteiger partial charge is 0.508 e. The lowest BCUT2D eigenvalue weighted by Crippen LogP contribution is -2.61. The molecule has 40 nitrogen and oxygen atoms in total. The SMILES string of the molecule is CSCC[C@H](NC(=O)[C@H](CO)NC(=O)[C@H](Cc1ccc(O)cc1)NC(=O)[C@H](CO)NC(C)=O)C(=O)N[C@@H](CCC(=O)O)C(=O)NC(Cc1cnc[nH]1)C(=O)N[C@@H](Cc1ccccc1)C(=O)N[C@@H](CCCNC(=N)N)C(=O)N[C@@H](Cc1c[nH]c2ccccc12)C(=O)NCC(=O)N[C@@H](CCCCN)C(=O)N1CCC[C@H]1C(=O)N[C@H](C(=O)O)C(C)C. The number of aliphatic carboxylic acids is 2. The van der Waals surface area contributed by atoms with E-state index in [-0.39, 0.29) is 88.2 Å². The minimum Gasteiger partial charge on any atom is -0.508 e. The maximum absolute atomic E-state index is 15.2. The number of aromatic hydroxyl groups is 1. The number of imidazole rings is 1. The van der Waals surface area contributed by atoms with E-state index < -0.39 is 212 Å². The van der Waals surface area contributed by atoms with Gasteiger partial charge in [-0.1, -0.05) is 74.5 Å². The number of aromatic amines is 2. The zero-order valence-corrected chi connectivity index (χ0v) is 66.7. The van der Waals surface area contributed by atoms with Crippen LogP contribution >= 0.6 is 11.8 Å². The van der Waals surface area contributed by atoms with E-state index in [0.29, 0.717) is 46.9 Å². The molecule has 12 atom stereocenters. The van der Waals surface area contributed by atoms with E-state index in [2.05, 4.69) is 84.1 Å². The van der Waals surface area contributed by atoms with E-state index >= 15 is 14.4 Å². The number of phenols is 1. The molecule has 41 heteroatoms. The number of aromatic nitrogens is 3. The van der Waals surface area contributed by atoms with Crippen molar-refractivity contribution in [1.82, 2.24) is 89.0 Å². The molecular weight excluding hydrogens is 1560 g/mol. The Balaban J connectivity index is 1.25. The van der Waals surface area contributed by atoms with Crippen LogP contribution in [0.25, 0.3) is 10.9 Å². The Morgan fingerprint density at radius 3 is 1.64 bits per heavy atom. The van der Waals surface area contributed by atoms with Crippen LogP contribution in [0, 0.1) is 11.3 Å². The molecule has 1 unspecified atom stereocenters. The van der Waals surface area contributed by atoms with Crippen molar-refractivity contribution in [2.24, 2.45) is 17.4 Å². The summed E-state index contributed by atoms with van der Waals surface area (Å²) in [5, 5.41) is 91.5. The first kappa shape index (κ1) is 94.6. The van der Waals surface area contributed by atoms with E-state index in [1.807, 2.05) is 0 Å². The molecule has 3 aromatic carbocycles. The Morgan fingerprint density at radius 2 is 1.09 bits per heavy atom. The number of carboxylic acid groups (broad SMARTS) is 2. The number of H-pyrrole nitrogens is 2. The fraction of sp³-hybridized carbons (Fsp3) is 0.494. The number of carbonyl (C=O) groups excluding carboxylic acids is 13. The molecule has 25 N–H and O–H groups in total. The molecule has 1 saturated heterocycles. The van der Waals surface area contributed by atoms with Crippen LogP contribution in [0.1, 0.15) is 107 Å². The van der Waals surface area contributed by atoms with Crippen molar-refractivity contribution in [3.63, 3.8) is 0 Å². The van der Waals surface area contributed by atoms with Gasteiger partial charge in [-0.15, -0.1) is 0 Å². The summed E-state index contributed by atoms with van der Waals surface area (Å²) >= 11 is 1.23. The molecule has 1 aliphatic rings. The number of hydrogen-bond donors (Lipinski definition) is 23. The predicted molar refractivity (Wildman–Crippen MR) is 429 cm³/mol. The molecule has 0 bridgehead atoms. The molecule has 118 heavy (non-hydrogen) atoms. The van der Waals surface area contributed by atoms with Crippen LogP contribution in [0.15, 0.2) is 97.6 Å². The number of thioether (sulfide) groups is 1. The first-order chi connectivity index (χ1) is 56.3. The number of hydrogen-bond acceptors (Lipinski definition) is 22. The highest BCUT2D eigenvalue weighted by Crippen LogP contribution is 2.23. The van der Waals surface area contributed by atoms with E-state index in [4.69, 9.17) is 16.9 Å². The van der Waals surface area contributed by atoms with Crippen molar-refractivity contribution >= 4 is 117 Å². The van der Waals surface area contributed by atoms with Gasteiger partial charge in [0.15, 0.2) is 5.96 Å². The second-order valence-electron chi connectivity index (χ2n) is 28.6. The van der Waals surface area contributed by atoms with Gasteiger partial charge in [-0.05, 0) is 117 Å². The van der Waals surface area contributed by atoms with Crippen molar-refractivity contribution < 1.29 is 97.5 Å². The molecule has 0 radical (unpaired) electrons. The lowest BCUT2D eigenvalue weighted by Gasteiger charge is -2.30. The van der Waals surface area contributed by atoms with Gasteiger partial charge in [0.05, 0.1) is 26.1 Å². The molecule has 2 aromatic heterocycles. The number of nitrogens with zero attached hydrogens (tertiary/aromatic N) is 2. The smallest absolute Gasteiger partial charge is 0.326 e. The number of unbranched alkanes of at least 4 members (excludes halogenated alkanes) is 1. The summed E-state index contributed by atoms with van der Waals surface area (Å²) in [6.07, 6.45) is 4.47. The Bertz CT molecular complexity index is 4250. The number of guanidine groups is 1. The summed E-state index contributed by atoms with van der Waals surface area (Å²) in [6, 6.07) is 2.56. The number of phenolic OH excluding ortho intramolecular Hbond substituents is 1. The highest BCUT2D eigenvalue weighted by molar-refractivity contribution is 7.98. The summed E-state index contributed by atoms with van der Waals surface area (Å²) in [5.41, 5.74) is 13.7. The lowest BCUT2D eigenvalue weighted by atomic mass is 10.0. The zero-order chi connectivity index (χ0) is 86.5. The number of nitrogens with two attached hydrogens (primary N) is 2. The van der Waals surface area contributed by atoms with Crippen molar-refractivity contribution in [2.75, 3.05) is 51.4 Å². The van der Waals surface area contributed by atoms with Gasteiger partial charge in [-0.3, -0.25) is 72.5 Å². The average molecular weight is 1670 g/mol. The second kappa shape index (κ2) is 48.3. The van der Waals surface area contributed by atoms with Gasteiger partial charge in [0.1, 0.15) is 78.3 Å². The number of aliphatic hydroxyl groups is 2. The van der Waals surface area contributed by atoms with Gasteiger partial charge in [-0.25, -0.2) is 9.78 Å². The number of benzene rings is 3. The molecular formula is C77H108N20O20S. The van der Waals surface area contributed by atoms with E-state index in [1.54, 1.807) is 80.9 Å². The summed E-state index contributed by atoms with van der Waals surface area (Å²) in [7, 11) is 0. The quantitative estimate of drug-likeness (QED) is 0.0100. The Labute approximate surface area is 683 Å². The fourth-order valence-electron chi connectivity index (χ4n) is 12.9. The van der Waals surface area contributed by atoms with Crippen LogP contribution in [0.3, 0.4) is 0 Å². The van der Waals surface area contributed by atoms with Crippen molar-refractivity contribution in [1.29, 1.82) is 5.41 Å². The summed E-state index contributed by atoms with van der Waals surface area (Å²) in [5.74, 6) is -15.7. The van der Waals surface area contributed by atoms with Crippen LogP contribution < -0.4 is 80.6 Å². The molecule has 0 saturated carbocycles. The van der Waals surface area contributed by atoms with Crippen molar-refractivity contribution in [2.45, 2.75) is 183 Å². The molecule has 1 aliphatic heterocycles. The number of carbonyl (C=O) groups is 15. The first-order valence-electron chi connectivity index (χ1n) is 38.5. The normalized spacial score (nSPS) is 15.2. The number of carboxylic acids is 2. The molecule has 6 rings (SSSR count). The summed E-state index contributed by atoms with van der Waals surface area (Å²) in [6.45, 7) is 1.97. The van der Waals surface area contributed by atoms with Gasteiger partial charge in [-0.2, -0.15) is 11.8 Å². The summed E-state index contributed by atoms with van der Waals surface area (Å²) < 4.78 is 0. The maximum atomic E-state index is 15.2. The minimum atomic E-state index is -1.84. The number of amides is 13. The van der Waals surface area contributed by atoms with Gasteiger partial charge in [0.2, 0.25) is 76.8 Å². The van der Waals surface area contributed by atoms with Crippen molar-refractivity contribution in [3.8, 4) is 5.75 Å². The Hall–Kier alpha value is -12.2. The monoisotopic (exact) mass is 1660 g/mol. The van der Waals surface area contributed by atoms with Gasteiger partial charge in [0.25, 0.3) is 0 Å². The number of likely N-dealkylation sites (tertiary alicyclic amines) is 1. The average Bonchev–Trinajstić information content (AvgIpc) is 1.64. The molecule has 0 spiro atoms. The third kappa shape index (κ3) is 30.8. The second-order valence-corrected chi connectivity index (χ2v) is 29.6. The summed E-state index contributed by atoms with van der Waals surface area (Å²) in [4.78, 5) is 220. The van der Waals surface area contributed by atoms with Crippen LogP contribution in [0.5, 0.6) is 5.75 Å². The Kier molecular flexibility index (Phi) is 38.8. The number of para-hydroxylation sites is 1. The standard InChI is InChI=1S/C77H108N20O20S/c1-42(2)64(76(116)117)96-74(114)61-20-13-30-97(61)75(115)54(18-10-11-28-78)87-62(102)38-84-65(105)57(34-46-36-83-50-17-9-8-16-49(46)50)93-66(106)51(19-12-29-82-77(79)80)88-69(109)55(32-44-14-6-5-7-15-44)91-71(111)58(35-47-37-81-41-85-47)94-67(107)52(25-26-63(103)104)89-68(108)53(27-31-118-4)90-73(113)60(40-99)95-70(110)56(33-45-21-23-48(101)24-22-45)92-72(112)59(39-98)86-43(3)100/h5-9,14-17,21-24,36-37,41-42,51-61,64,83,98-99,101H,10-13,18-20,25-35,38-40,78H2,1-4H3,(H,81,85)(H,84,105)(H,86,100)(H,87,102)(H,88,109)(H,89,108)(H,90,113)(H,91,111)(H,92,112)(H,93,106)(H,94,107)(H,95,110)(H,96,114)(H,103,104)(H,116,117)(H4,79,80,82)/t51-,52-,53-,54-,55-,56-,57-,58?,59-,60-,61-,64-/m0/s1. The molecule has 1 fully saturated rings. The van der Waals surface area contributed by atoms with E-state index in [0.717, 1.165) is 6.92 Å². The number of fused-ring (bicyclic) bond motifs is 1.